The van der Waals surface area contributed by atoms with E-state index in [0.717, 1.165) is 0 Å². The first-order chi connectivity index (χ1) is 16.1. The molecule has 174 valence electrons. The summed E-state index contributed by atoms with van der Waals surface area (Å²) >= 11 is 6.05. The molecule has 0 radical (unpaired) electrons. The number of benzene rings is 3. The third-order valence-corrected chi connectivity index (χ3v) is 7.97. The van der Waals surface area contributed by atoms with E-state index in [1.54, 1.807) is 24.3 Å². The summed E-state index contributed by atoms with van der Waals surface area (Å²) in [6.07, 6.45) is 0.0716. The fourth-order valence-corrected chi connectivity index (χ4v) is 5.89. The Bertz CT molecular complexity index is 1650. The maximum absolute atomic E-state index is 13.0. The lowest BCUT2D eigenvalue weighted by Gasteiger charge is -2.15. The molecule has 12 heteroatoms. The molecular weight excluding hydrogens is 502 g/mol. The van der Waals surface area contributed by atoms with Gasteiger partial charge in [0.1, 0.15) is 5.58 Å². The minimum absolute atomic E-state index is 0.0428. The molecule has 1 amide bonds. The number of carbonyl (C=O) groups is 1. The predicted molar refractivity (Wildman–Crippen MR) is 128 cm³/mol. The van der Waals surface area contributed by atoms with Crippen LogP contribution in [-0.2, 0) is 31.3 Å². The molecule has 0 aliphatic carbocycles. The summed E-state index contributed by atoms with van der Waals surface area (Å²) in [6, 6.07) is 16.5. The normalized spacial score (nSPS) is 13.5. The maximum Gasteiger partial charge on any atom is 0.295 e. The summed E-state index contributed by atoms with van der Waals surface area (Å²) < 4.78 is 62.2. The molecule has 0 saturated carbocycles. The zero-order valence-electron chi connectivity index (χ0n) is 17.2. The van der Waals surface area contributed by atoms with Gasteiger partial charge >= 0.3 is 0 Å². The lowest BCUT2D eigenvalue weighted by molar-refractivity contribution is -0.115. The highest BCUT2D eigenvalue weighted by Crippen LogP contribution is 2.32. The Morgan fingerprint density at radius 3 is 2.41 bits per heavy atom. The van der Waals surface area contributed by atoms with Crippen molar-refractivity contribution in [3.8, 4) is 0 Å². The molecule has 0 bridgehead atoms. The van der Waals surface area contributed by atoms with Gasteiger partial charge in [-0.05, 0) is 48.0 Å². The van der Waals surface area contributed by atoms with Crippen LogP contribution in [-0.4, -0.2) is 22.7 Å². The van der Waals surface area contributed by atoms with Crippen LogP contribution >= 0.6 is 11.6 Å². The van der Waals surface area contributed by atoms with E-state index in [1.807, 2.05) is 0 Å². The zero-order chi connectivity index (χ0) is 24.1. The molecule has 1 aliphatic heterocycles. The molecule has 34 heavy (non-hydrogen) atoms. The van der Waals surface area contributed by atoms with Crippen LogP contribution in [0.25, 0.3) is 11.0 Å². The number of para-hydroxylation sites is 1. The minimum atomic E-state index is -4.20. The second-order valence-corrected chi connectivity index (χ2v) is 11.3. The number of hydrogen-bond donors (Lipinski definition) is 3. The van der Waals surface area contributed by atoms with E-state index in [9.17, 15) is 21.6 Å². The largest absolute Gasteiger partial charge is 0.443 e. The predicted octanol–water partition coefficient (Wildman–Crippen LogP) is 4.18. The molecule has 9 nitrogen and oxygen atoms in total. The maximum atomic E-state index is 13.0. The summed E-state index contributed by atoms with van der Waals surface area (Å²) in [5.74, 6) is -0.225. The molecule has 1 aliphatic rings. The zero-order valence-corrected chi connectivity index (χ0v) is 19.6. The monoisotopic (exact) mass is 517 g/mol. The Morgan fingerprint density at radius 1 is 0.853 bits per heavy atom. The third kappa shape index (κ3) is 4.20. The number of fused-ring (bicyclic) bond motifs is 2. The highest BCUT2D eigenvalue weighted by Gasteiger charge is 2.25. The van der Waals surface area contributed by atoms with Crippen molar-refractivity contribution in [2.24, 2.45) is 0 Å². The molecule has 0 unspecified atom stereocenters. The van der Waals surface area contributed by atoms with Gasteiger partial charge in [-0.2, -0.15) is 8.42 Å². The molecule has 3 N–H and O–H groups in total. The van der Waals surface area contributed by atoms with E-state index in [-0.39, 0.29) is 38.7 Å². The molecule has 5 rings (SSSR count). The van der Waals surface area contributed by atoms with E-state index in [2.05, 4.69) is 14.8 Å². The average Bonchev–Trinajstić information content (AvgIpc) is 3.38. The molecule has 0 atom stereocenters. The van der Waals surface area contributed by atoms with Crippen molar-refractivity contribution in [3.05, 3.63) is 77.3 Å². The Labute approximate surface area is 199 Å². The smallest absolute Gasteiger partial charge is 0.295 e. The second-order valence-electron chi connectivity index (χ2n) is 7.55. The lowest BCUT2D eigenvalue weighted by atomic mass is 10.2. The Kier molecular flexibility index (Phi) is 5.27. The molecule has 2 heterocycles. The highest BCUT2D eigenvalue weighted by atomic mass is 35.5. The Balaban J connectivity index is 1.47. The van der Waals surface area contributed by atoms with E-state index in [4.69, 9.17) is 16.0 Å². The van der Waals surface area contributed by atoms with Crippen LogP contribution in [0.2, 0.25) is 5.02 Å². The van der Waals surface area contributed by atoms with E-state index < -0.39 is 20.0 Å². The first kappa shape index (κ1) is 22.3. The molecule has 3 aromatic carbocycles. The van der Waals surface area contributed by atoms with Gasteiger partial charge in [0.2, 0.25) is 11.0 Å². The van der Waals surface area contributed by atoms with Crippen molar-refractivity contribution in [2.45, 2.75) is 16.4 Å². The van der Waals surface area contributed by atoms with Crippen LogP contribution in [0.4, 0.5) is 17.1 Å². The van der Waals surface area contributed by atoms with Gasteiger partial charge < -0.3 is 9.73 Å². The quantitative estimate of drug-likeness (QED) is 0.351. The third-order valence-electron chi connectivity index (χ3n) is 5.15. The van der Waals surface area contributed by atoms with Gasteiger partial charge in [0.25, 0.3) is 20.0 Å². The molecule has 4 aromatic rings. The van der Waals surface area contributed by atoms with Crippen molar-refractivity contribution in [1.82, 2.24) is 0 Å². The number of halogens is 1. The number of hydrogen-bond acceptors (Lipinski definition) is 6. The standard InChI is InChI=1S/C22H16ClN3O6S2/c23-15-5-7-18(25-33(28,29)16-6-8-17-14(9-16)10-21(27)24-17)19(12-15)26-34(30,31)22-11-13-3-1-2-4-20(13)32-22/h1-9,11-12,25-26H,10H2,(H,24,27). The molecule has 0 spiro atoms. The van der Waals surface area contributed by atoms with Crippen molar-refractivity contribution in [3.63, 3.8) is 0 Å². The molecular formula is C22H16ClN3O6S2. The van der Waals surface area contributed by atoms with Crippen molar-refractivity contribution < 1.29 is 26.0 Å². The van der Waals surface area contributed by atoms with E-state index in [1.165, 1.54) is 42.5 Å². The van der Waals surface area contributed by atoms with Gasteiger partial charge in [0, 0.05) is 22.2 Å². The average molecular weight is 518 g/mol. The fraction of sp³-hybridized carbons (Fsp3) is 0.0455. The van der Waals surface area contributed by atoms with Crippen LogP contribution in [0.5, 0.6) is 0 Å². The molecule has 1 aromatic heterocycles. The molecule has 0 saturated heterocycles. The number of nitrogens with one attached hydrogen (secondary N) is 3. The summed E-state index contributed by atoms with van der Waals surface area (Å²) in [5.41, 5.74) is 1.36. The number of amides is 1. The fourth-order valence-electron chi connectivity index (χ4n) is 3.55. The number of furan rings is 1. The number of carbonyl (C=O) groups excluding carboxylic acids is 1. The topological polar surface area (TPSA) is 135 Å². The Hall–Kier alpha value is -3.54. The second kappa shape index (κ2) is 8.05. The minimum Gasteiger partial charge on any atom is -0.443 e. The van der Waals surface area contributed by atoms with Gasteiger partial charge in [0.15, 0.2) is 0 Å². The van der Waals surface area contributed by atoms with Gasteiger partial charge in [0.05, 0.1) is 22.7 Å². The Morgan fingerprint density at radius 2 is 1.62 bits per heavy atom. The van der Waals surface area contributed by atoms with Crippen LogP contribution in [0.1, 0.15) is 5.56 Å². The van der Waals surface area contributed by atoms with Crippen LogP contribution in [0.15, 0.2) is 81.1 Å². The van der Waals surface area contributed by atoms with E-state index >= 15 is 0 Å². The first-order valence-corrected chi connectivity index (χ1v) is 13.2. The van der Waals surface area contributed by atoms with Gasteiger partial charge in [-0.15, -0.1) is 0 Å². The van der Waals surface area contributed by atoms with Crippen molar-refractivity contribution in [2.75, 3.05) is 14.8 Å². The van der Waals surface area contributed by atoms with Crippen molar-refractivity contribution >= 4 is 65.6 Å². The summed E-state index contributed by atoms with van der Waals surface area (Å²) in [5, 5.41) is 3.09. The SMILES string of the molecule is O=C1Cc2cc(S(=O)(=O)Nc3ccc(Cl)cc3NS(=O)(=O)c3cc4ccccc4o3)ccc2N1. The van der Waals surface area contributed by atoms with Crippen LogP contribution in [0.3, 0.4) is 0 Å². The molecule has 0 fully saturated rings. The summed E-state index contributed by atoms with van der Waals surface area (Å²) in [6.45, 7) is 0. The van der Waals surface area contributed by atoms with Crippen molar-refractivity contribution in [1.29, 1.82) is 0 Å². The van der Waals surface area contributed by atoms with Gasteiger partial charge in [-0.3, -0.25) is 14.2 Å². The first-order valence-electron chi connectivity index (χ1n) is 9.87. The van der Waals surface area contributed by atoms with Gasteiger partial charge in [-0.25, -0.2) is 8.42 Å². The highest BCUT2D eigenvalue weighted by molar-refractivity contribution is 7.93. The lowest BCUT2D eigenvalue weighted by Crippen LogP contribution is -2.17. The number of sulfonamides is 2. The van der Waals surface area contributed by atoms with E-state index in [0.29, 0.717) is 22.2 Å². The van der Waals surface area contributed by atoms with Gasteiger partial charge in [-0.1, -0.05) is 29.8 Å². The number of anilines is 3. The summed E-state index contributed by atoms with van der Waals surface area (Å²) in [7, 11) is -8.32. The van der Waals surface area contributed by atoms with Crippen LogP contribution < -0.4 is 14.8 Å². The number of rotatable bonds is 6. The summed E-state index contributed by atoms with van der Waals surface area (Å²) in [4.78, 5) is 11.5. The van der Waals surface area contributed by atoms with Crippen LogP contribution in [0, 0.1) is 0 Å².